The first-order chi connectivity index (χ1) is 14.3. The Morgan fingerprint density at radius 3 is 2.50 bits per heavy atom. The second-order valence-electron chi connectivity index (χ2n) is 8.58. The van der Waals surface area contributed by atoms with Crippen LogP contribution in [0.3, 0.4) is 0 Å². The Morgan fingerprint density at radius 2 is 1.73 bits per heavy atom. The molecule has 0 aliphatic heterocycles. The number of ketones is 1. The van der Waals surface area contributed by atoms with Crippen molar-refractivity contribution in [2.24, 2.45) is 5.41 Å². The van der Waals surface area contributed by atoms with Crippen LogP contribution >= 0.6 is 0 Å². The topological polar surface area (TPSA) is 58.2 Å². The van der Waals surface area contributed by atoms with E-state index in [0.717, 1.165) is 45.5 Å². The summed E-state index contributed by atoms with van der Waals surface area (Å²) < 4.78 is 0. The number of rotatable bonds is 4. The van der Waals surface area contributed by atoms with Gasteiger partial charge < -0.3 is 10.6 Å². The molecule has 2 N–H and O–H groups in total. The molecule has 0 bridgehead atoms. The van der Waals surface area contributed by atoms with Crippen LogP contribution in [0.5, 0.6) is 0 Å². The predicted octanol–water partition coefficient (Wildman–Crippen LogP) is 5.75. The van der Waals surface area contributed by atoms with E-state index in [4.69, 9.17) is 0 Å². The Labute approximate surface area is 177 Å². The highest BCUT2D eigenvalue weighted by Gasteiger charge is 2.37. The Bertz CT molecular complexity index is 1120. The molecule has 0 spiro atoms. The summed E-state index contributed by atoms with van der Waals surface area (Å²) in [7, 11) is 0. The van der Waals surface area contributed by atoms with Crippen LogP contribution < -0.4 is 10.6 Å². The van der Waals surface area contributed by atoms with E-state index in [0.29, 0.717) is 6.54 Å². The lowest BCUT2D eigenvalue weighted by Crippen LogP contribution is -2.28. The van der Waals surface area contributed by atoms with Crippen LogP contribution in [0.2, 0.25) is 0 Å². The van der Waals surface area contributed by atoms with Gasteiger partial charge in [0.05, 0.1) is 0 Å². The number of amides is 2. The van der Waals surface area contributed by atoms with Crippen LogP contribution in [-0.4, -0.2) is 11.8 Å². The highest BCUT2D eigenvalue weighted by atomic mass is 16.2. The molecule has 3 aromatic rings. The normalized spacial score (nSPS) is 14.3. The maximum Gasteiger partial charge on any atom is 0.319 e. The predicted molar refractivity (Wildman–Crippen MR) is 121 cm³/mol. The van der Waals surface area contributed by atoms with Crippen molar-refractivity contribution in [3.8, 4) is 11.1 Å². The molecule has 0 heterocycles. The van der Waals surface area contributed by atoms with Gasteiger partial charge >= 0.3 is 6.03 Å². The molecule has 4 heteroatoms. The summed E-state index contributed by atoms with van der Waals surface area (Å²) in [6, 6.07) is 21.5. The van der Waals surface area contributed by atoms with Gasteiger partial charge in [0.15, 0.2) is 5.78 Å². The van der Waals surface area contributed by atoms with Gasteiger partial charge in [0.1, 0.15) is 0 Å². The minimum Gasteiger partial charge on any atom is -0.334 e. The van der Waals surface area contributed by atoms with Crippen molar-refractivity contribution in [1.82, 2.24) is 5.32 Å². The molecule has 3 aromatic carbocycles. The summed E-state index contributed by atoms with van der Waals surface area (Å²) in [5, 5.41) is 5.80. The van der Waals surface area contributed by atoms with Gasteiger partial charge in [0, 0.05) is 23.2 Å². The summed E-state index contributed by atoms with van der Waals surface area (Å²) in [6.45, 7) is 6.52. The van der Waals surface area contributed by atoms with E-state index in [-0.39, 0.29) is 17.2 Å². The smallest absolute Gasteiger partial charge is 0.319 e. The minimum absolute atomic E-state index is 0.214. The first-order valence-electron chi connectivity index (χ1n) is 10.2. The van der Waals surface area contributed by atoms with Crippen LogP contribution in [0.15, 0.2) is 66.7 Å². The van der Waals surface area contributed by atoms with Crippen molar-refractivity contribution in [2.45, 2.75) is 33.7 Å². The number of Topliss-reactive ketones (excluding diaryl/α,β-unsaturated/α-hetero) is 1. The Hall–Kier alpha value is -3.40. The maximum absolute atomic E-state index is 12.5. The van der Waals surface area contributed by atoms with E-state index in [1.54, 1.807) is 0 Å². The summed E-state index contributed by atoms with van der Waals surface area (Å²) in [4.78, 5) is 24.8. The fraction of sp³-hybridized carbons (Fsp3) is 0.231. The average Bonchev–Trinajstić information content (AvgIpc) is 2.96. The lowest BCUT2D eigenvalue weighted by molar-refractivity contribution is 0.0863. The molecule has 0 radical (unpaired) electrons. The van der Waals surface area contributed by atoms with Crippen molar-refractivity contribution in [2.75, 3.05) is 5.32 Å². The Kier molecular flexibility index (Phi) is 5.17. The maximum atomic E-state index is 12.5. The second kappa shape index (κ2) is 7.79. The van der Waals surface area contributed by atoms with Gasteiger partial charge in [-0.3, -0.25) is 4.79 Å². The molecule has 4 rings (SSSR count). The number of hydrogen-bond acceptors (Lipinski definition) is 2. The lowest BCUT2D eigenvalue weighted by atomic mass is 9.89. The fourth-order valence-corrected chi connectivity index (χ4v) is 4.01. The molecule has 2 amide bonds. The van der Waals surface area contributed by atoms with E-state index in [2.05, 4.69) is 23.6 Å². The molecule has 30 heavy (non-hydrogen) atoms. The molecule has 152 valence electrons. The SMILES string of the molecule is Cc1ccc(NC(=O)NCc2ccccc2)cc1-c1ccc2c(c1)CC(C)(C)C2=O. The van der Waals surface area contributed by atoms with Gasteiger partial charge in [-0.15, -0.1) is 0 Å². The molecule has 0 saturated carbocycles. The Balaban J connectivity index is 1.52. The third-order valence-corrected chi connectivity index (χ3v) is 5.70. The zero-order chi connectivity index (χ0) is 21.3. The van der Waals surface area contributed by atoms with Gasteiger partial charge in [-0.2, -0.15) is 0 Å². The quantitative estimate of drug-likeness (QED) is 0.588. The van der Waals surface area contributed by atoms with Crippen LogP contribution in [0.4, 0.5) is 10.5 Å². The molecule has 0 unspecified atom stereocenters. The third-order valence-electron chi connectivity index (χ3n) is 5.70. The molecule has 4 nitrogen and oxygen atoms in total. The van der Waals surface area contributed by atoms with Crippen LogP contribution in [0.1, 0.15) is 40.9 Å². The first-order valence-corrected chi connectivity index (χ1v) is 10.2. The van der Waals surface area contributed by atoms with Crippen LogP contribution in [-0.2, 0) is 13.0 Å². The van der Waals surface area contributed by atoms with E-state index in [9.17, 15) is 9.59 Å². The minimum atomic E-state index is -0.337. The van der Waals surface area contributed by atoms with Gasteiger partial charge in [0.2, 0.25) is 0 Å². The molecular formula is C26H26N2O2. The highest BCUT2D eigenvalue weighted by Crippen LogP contribution is 2.38. The first kappa shape index (κ1) is 19.9. The molecule has 0 atom stereocenters. The summed E-state index contributed by atoms with van der Waals surface area (Å²) in [5.41, 5.74) is 6.61. The zero-order valence-electron chi connectivity index (χ0n) is 17.6. The van der Waals surface area contributed by atoms with Crippen LogP contribution in [0, 0.1) is 12.3 Å². The summed E-state index contributed by atoms with van der Waals surface area (Å²) in [6.07, 6.45) is 0.758. The molecule has 0 fully saturated rings. The molecule has 0 saturated heterocycles. The number of carbonyl (C=O) groups is 2. The van der Waals surface area contributed by atoms with Gasteiger partial charge in [-0.05, 0) is 53.3 Å². The number of nitrogens with one attached hydrogen (secondary N) is 2. The standard InChI is InChI=1S/C26H26N2O2/c1-17-9-11-21(28-25(30)27-16-18-7-5-4-6-8-18)14-23(17)19-10-12-22-20(13-19)15-26(2,3)24(22)29/h4-14H,15-16H2,1-3H3,(H2,27,28,30). The van der Waals surface area contributed by atoms with Crippen molar-refractivity contribution in [3.05, 3.63) is 89.0 Å². The zero-order valence-corrected chi connectivity index (χ0v) is 17.6. The average molecular weight is 399 g/mol. The van der Waals surface area contributed by atoms with Gasteiger partial charge in [-0.1, -0.05) is 68.4 Å². The number of urea groups is 1. The largest absolute Gasteiger partial charge is 0.334 e. The van der Waals surface area contributed by atoms with Crippen molar-refractivity contribution in [3.63, 3.8) is 0 Å². The summed E-state index contributed by atoms with van der Waals surface area (Å²) in [5.74, 6) is 0.214. The lowest BCUT2D eigenvalue weighted by Gasteiger charge is -2.13. The number of aryl methyl sites for hydroxylation is 1. The Morgan fingerprint density at radius 1 is 0.967 bits per heavy atom. The number of hydrogen-bond donors (Lipinski definition) is 2. The van der Waals surface area contributed by atoms with E-state index in [1.807, 2.05) is 74.5 Å². The highest BCUT2D eigenvalue weighted by molar-refractivity contribution is 6.05. The van der Waals surface area contributed by atoms with Crippen LogP contribution in [0.25, 0.3) is 11.1 Å². The van der Waals surface area contributed by atoms with Gasteiger partial charge in [-0.25, -0.2) is 4.79 Å². The fourth-order valence-electron chi connectivity index (χ4n) is 4.01. The number of carbonyl (C=O) groups excluding carboxylic acids is 2. The van der Waals surface area contributed by atoms with E-state index >= 15 is 0 Å². The molecule has 1 aliphatic rings. The van der Waals surface area contributed by atoms with Crippen molar-refractivity contribution < 1.29 is 9.59 Å². The van der Waals surface area contributed by atoms with E-state index < -0.39 is 0 Å². The van der Waals surface area contributed by atoms with Crippen molar-refractivity contribution in [1.29, 1.82) is 0 Å². The molecular weight excluding hydrogens is 372 g/mol. The van der Waals surface area contributed by atoms with E-state index in [1.165, 1.54) is 0 Å². The number of benzene rings is 3. The summed E-state index contributed by atoms with van der Waals surface area (Å²) >= 11 is 0. The number of anilines is 1. The molecule has 0 aromatic heterocycles. The van der Waals surface area contributed by atoms with Crippen molar-refractivity contribution >= 4 is 17.5 Å². The van der Waals surface area contributed by atoms with Gasteiger partial charge in [0.25, 0.3) is 0 Å². The second-order valence-corrected chi connectivity index (χ2v) is 8.58. The monoisotopic (exact) mass is 398 g/mol. The molecule has 1 aliphatic carbocycles. The number of fused-ring (bicyclic) bond motifs is 1. The third kappa shape index (κ3) is 3.99.